The average molecular weight is 398 g/mol. The molecule has 0 spiro atoms. The summed E-state index contributed by atoms with van der Waals surface area (Å²) in [6.07, 6.45) is 6.51. The summed E-state index contributed by atoms with van der Waals surface area (Å²) in [4.78, 5) is 2.77. The second kappa shape index (κ2) is 6.97. The normalized spacial score (nSPS) is 22.4. The van der Waals surface area contributed by atoms with Crippen LogP contribution >= 0.6 is 11.3 Å². The molecule has 1 saturated heterocycles. The molecule has 146 valence electrons. The number of rotatable bonds is 2. The first kappa shape index (κ1) is 17.7. The Morgan fingerprint density at radius 2 is 1.79 bits per heavy atom. The predicted molar refractivity (Wildman–Crippen MR) is 126 cm³/mol. The molecule has 3 aromatic carbocycles. The number of fused-ring (bicyclic) bond motifs is 4. The molecule has 0 radical (unpaired) electrons. The Morgan fingerprint density at radius 3 is 2.69 bits per heavy atom. The van der Waals surface area contributed by atoms with Crippen molar-refractivity contribution < 1.29 is 0 Å². The quantitative estimate of drug-likeness (QED) is 0.350. The van der Waals surface area contributed by atoms with Crippen molar-refractivity contribution in [3.8, 4) is 11.1 Å². The zero-order valence-electron chi connectivity index (χ0n) is 17.0. The minimum Gasteiger partial charge on any atom is -0.297 e. The molecule has 2 heterocycles. The van der Waals surface area contributed by atoms with Gasteiger partial charge in [0.15, 0.2) is 0 Å². The third-order valence-electron chi connectivity index (χ3n) is 7.20. The van der Waals surface area contributed by atoms with Gasteiger partial charge in [-0.15, -0.1) is 11.3 Å². The van der Waals surface area contributed by atoms with E-state index in [1.54, 1.807) is 11.1 Å². The number of thiophene rings is 1. The van der Waals surface area contributed by atoms with E-state index in [-0.39, 0.29) is 0 Å². The summed E-state index contributed by atoms with van der Waals surface area (Å²) in [5.41, 5.74) is 5.91. The number of hydrogen-bond donors (Lipinski definition) is 0. The van der Waals surface area contributed by atoms with Crippen molar-refractivity contribution in [3.05, 3.63) is 71.8 Å². The molecular formula is C27H27NS. The van der Waals surface area contributed by atoms with Gasteiger partial charge < -0.3 is 0 Å². The molecule has 2 atom stereocenters. The molecule has 4 aromatic rings. The Hall–Kier alpha value is -2.16. The molecule has 0 bridgehead atoms. The van der Waals surface area contributed by atoms with E-state index in [9.17, 15) is 0 Å². The topological polar surface area (TPSA) is 3.24 Å². The molecule has 1 fully saturated rings. The Balaban J connectivity index is 1.40. The lowest BCUT2D eigenvalue weighted by atomic mass is 9.85. The Labute approximate surface area is 177 Å². The molecule has 6 rings (SSSR count). The molecule has 0 saturated carbocycles. The molecule has 0 N–H and O–H groups in total. The van der Waals surface area contributed by atoms with Crippen LogP contribution in [0.25, 0.3) is 31.3 Å². The molecule has 29 heavy (non-hydrogen) atoms. The number of aryl methyl sites for hydroxylation is 1. The van der Waals surface area contributed by atoms with Crippen LogP contribution in [0, 0.1) is 0 Å². The minimum atomic E-state index is 0.745. The maximum atomic E-state index is 2.77. The summed E-state index contributed by atoms with van der Waals surface area (Å²) in [7, 11) is 0. The average Bonchev–Trinajstić information content (AvgIpc) is 3.36. The lowest BCUT2D eigenvalue weighted by molar-refractivity contribution is 0.174. The van der Waals surface area contributed by atoms with E-state index in [0.29, 0.717) is 0 Å². The number of nitrogens with zero attached hydrogens (tertiary/aromatic N) is 1. The van der Waals surface area contributed by atoms with Gasteiger partial charge in [0.1, 0.15) is 0 Å². The van der Waals surface area contributed by atoms with Crippen LogP contribution in [0.4, 0.5) is 0 Å². The maximum Gasteiger partial charge on any atom is 0.0361 e. The van der Waals surface area contributed by atoms with Crippen molar-refractivity contribution in [1.82, 2.24) is 4.90 Å². The monoisotopic (exact) mass is 397 g/mol. The second-order valence-corrected chi connectivity index (χ2v) is 9.97. The first-order valence-corrected chi connectivity index (χ1v) is 11.9. The highest BCUT2D eigenvalue weighted by atomic mass is 32.1. The fourth-order valence-corrected chi connectivity index (χ4v) is 6.83. The van der Waals surface area contributed by atoms with Crippen LogP contribution in [0.2, 0.25) is 0 Å². The SMILES string of the molecule is CC1CCCN1C1CCc2cc(-c3cccc4sc5ccccc5c34)ccc2C1. The molecule has 1 aliphatic carbocycles. The van der Waals surface area contributed by atoms with E-state index in [0.717, 1.165) is 12.1 Å². The fraction of sp³-hybridized carbons (Fsp3) is 0.333. The fourth-order valence-electron chi connectivity index (χ4n) is 5.70. The van der Waals surface area contributed by atoms with Gasteiger partial charge in [-0.1, -0.05) is 48.5 Å². The van der Waals surface area contributed by atoms with Crippen LogP contribution in [0.3, 0.4) is 0 Å². The van der Waals surface area contributed by atoms with Crippen LogP contribution in [-0.2, 0) is 12.8 Å². The van der Waals surface area contributed by atoms with E-state index in [1.807, 2.05) is 11.3 Å². The highest BCUT2D eigenvalue weighted by Gasteiger charge is 2.30. The van der Waals surface area contributed by atoms with Crippen molar-refractivity contribution in [2.24, 2.45) is 0 Å². The predicted octanol–water partition coefficient (Wildman–Crippen LogP) is 7.06. The van der Waals surface area contributed by atoms with Gasteiger partial charge in [-0.05, 0) is 80.0 Å². The molecule has 2 aliphatic rings. The Bertz CT molecular complexity index is 1200. The first-order valence-electron chi connectivity index (χ1n) is 11.1. The van der Waals surface area contributed by atoms with Gasteiger partial charge in [-0.2, -0.15) is 0 Å². The highest BCUT2D eigenvalue weighted by molar-refractivity contribution is 7.25. The van der Waals surface area contributed by atoms with E-state index < -0.39 is 0 Å². The van der Waals surface area contributed by atoms with Crippen LogP contribution in [0.15, 0.2) is 60.7 Å². The third-order valence-corrected chi connectivity index (χ3v) is 8.33. The van der Waals surface area contributed by atoms with Crippen LogP contribution in [-0.4, -0.2) is 23.5 Å². The Kier molecular flexibility index (Phi) is 4.25. The zero-order chi connectivity index (χ0) is 19.4. The van der Waals surface area contributed by atoms with Crippen molar-refractivity contribution in [3.63, 3.8) is 0 Å². The van der Waals surface area contributed by atoms with Crippen molar-refractivity contribution in [1.29, 1.82) is 0 Å². The zero-order valence-corrected chi connectivity index (χ0v) is 17.8. The van der Waals surface area contributed by atoms with Gasteiger partial charge in [0.05, 0.1) is 0 Å². The minimum absolute atomic E-state index is 0.745. The number of hydrogen-bond acceptors (Lipinski definition) is 2. The summed E-state index contributed by atoms with van der Waals surface area (Å²) in [5.74, 6) is 0. The van der Waals surface area contributed by atoms with Gasteiger partial charge in [0.2, 0.25) is 0 Å². The standard InChI is InChI=1S/C27H27NS/c1-18-6-5-15-28(18)22-14-13-19-16-21(12-11-20(19)17-22)23-8-4-10-26-27(23)24-7-2-3-9-25(24)29-26/h2-4,7-12,16,18,22H,5-6,13-15,17H2,1H3. The summed E-state index contributed by atoms with van der Waals surface area (Å²) < 4.78 is 2.78. The third kappa shape index (κ3) is 2.93. The number of benzene rings is 3. The van der Waals surface area contributed by atoms with Gasteiger partial charge in [0, 0.05) is 32.3 Å². The van der Waals surface area contributed by atoms with Crippen molar-refractivity contribution in [2.45, 2.75) is 51.1 Å². The molecule has 1 aromatic heterocycles. The van der Waals surface area contributed by atoms with Crippen LogP contribution < -0.4 is 0 Å². The van der Waals surface area contributed by atoms with E-state index in [4.69, 9.17) is 0 Å². The largest absolute Gasteiger partial charge is 0.297 e. The highest BCUT2D eigenvalue weighted by Crippen LogP contribution is 2.41. The van der Waals surface area contributed by atoms with Crippen molar-refractivity contribution in [2.75, 3.05) is 6.54 Å². The smallest absolute Gasteiger partial charge is 0.0361 e. The lowest BCUT2D eigenvalue weighted by Gasteiger charge is -2.35. The second-order valence-electron chi connectivity index (χ2n) is 8.89. The summed E-state index contributed by atoms with van der Waals surface area (Å²) >= 11 is 1.91. The molecule has 2 heteroatoms. The maximum absolute atomic E-state index is 2.77. The first-order chi connectivity index (χ1) is 14.3. The van der Waals surface area contributed by atoms with Crippen LogP contribution in [0.5, 0.6) is 0 Å². The number of likely N-dealkylation sites (tertiary alicyclic amines) is 1. The Morgan fingerprint density at radius 1 is 0.897 bits per heavy atom. The van der Waals surface area contributed by atoms with E-state index >= 15 is 0 Å². The summed E-state index contributed by atoms with van der Waals surface area (Å²) in [5, 5.41) is 2.82. The van der Waals surface area contributed by atoms with Gasteiger partial charge in [-0.25, -0.2) is 0 Å². The molecular weight excluding hydrogens is 370 g/mol. The van der Waals surface area contributed by atoms with Gasteiger partial charge in [0.25, 0.3) is 0 Å². The summed E-state index contributed by atoms with van der Waals surface area (Å²) in [6, 6.07) is 24.4. The van der Waals surface area contributed by atoms with Gasteiger partial charge >= 0.3 is 0 Å². The van der Waals surface area contributed by atoms with Crippen LogP contribution in [0.1, 0.15) is 37.3 Å². The molecule has 1 aliphatic heterocycles. The summed E-state index contributed by atoms with van der Waals surface area (Å²) in [6.45, 7) is 3.71. The molecule has 0 amide bonds. The van der Waals surface area contributed by atoms with E-state index in [1.165, 1.54) is 69.9 Å². The van der Waals surface area contributed by atoms with Crippen molar-refractivity contribution >= 4 is 31.5 Å². The van der Waals surface area contributed by atoms with Gasteiger partial charge in [-0.3, -0.25) is 4.90 Å². The lowest BCUT2D eigenvalue weighted by Crippen LogP contribution is -2.41. The molecule has 1 nitrogen and oxygen atoms in total. The van der Waals surface area contributed by atoms with E-state index in [2.05, 4.69) is 72.5 Å². The molecule has 2 unspecified atom stereocenters.